The zero-order chi connectivity index (χ0) is 13.5. The number of aliphatic hydroxyl groups excluding tert-OH is 1. The zero-order valence-corrected chi connectivity index (χ0v) is 11.8. The van der Waals surface area contributed by atoms with Gasteiger partial charge in [0.1, 0.15) is 15.7 Å². The third-order valence-corrected chi connectivity index (χ3v) is 5.92. The minimum absolute atomic E-state index is 0.262. The first-order chi connectivity index (χ1) is 9.02. The minimum Gasteiger partial charge on any atom is -0.393 e. The molecule has 1 saturated heterocycles. The maximum absolute atomic E-state index is 11.4. The van der Waals surface area contributed by atoms with Gasteiger partial charge in [-0.1, -0.05) is 0 Å². The van der Waals surface area contributed by atoms with Gasteiger partial charge in [0.15, 0.2) is 0 Å². The van der Waals surface area contributed by atoms with Crippen molar-refractivity contribution in [1.29, 1.82) is 0 Å². The van der Waals surface area contributed by atoms with E-state index >= 15 is 0 Å². The SMILES string of the molecule is O=S1(=O)CCC(Cc2cn3c(n2)CC(O)CC3)CC1. The second-order valence-corrected chi connectivity index (χ2v) is 8.09. The molecule has 2 aliphatic rings. The van der Waals surface area contributed by atoms with E-state index in [1.807, 2.05) is 0 Å². The molecule has 0 saturated carbocycles. The molecule has 0 aromatic carbocycles. The van der Waals surface area contributed by atoms with Crippen LogP contribution in [0.5, 0.6) is 0 Å². The zero-order valence-electron chi connectivity index (χ0n) is 11.0. The largest absolute Gasteiger partial charge is 0.393 e. The van der Waals surface area contributed by atoms with Gasteiger partial charge in [0.25, 0.3) is 0 Å². The molecular weight excluding hydrogens is 264 g/mol. The highest BCUT2D eigenvalue weighted by Crippen LogP contribution is 2.24. The van der Waals surface area contributed by atoms with Crippen molar-refractivity contribution in [2.24, 2.45) is 5.92 Å². The fraction of sp³-hybridized carbons (Fsp3) is 0.769. The lowest BCUT2D eigenvalue weighted by Gasteiger charge is -2.20. The number of aryl methyl sites for hydroxylation is 1. The molecule has 1 N–H and O–H groups in total. The summed E-state index contributed by atoms with van der Waals surface area (Å²) in [6.45, 7) is 0.836. The Morgan fingerprint density at radius 3 is 2.79 bits per heavy atom. The molecule has 19 heavy (non-hydrogen) atoms. The molecule has 3 rings (SSSR count). The van der Waals surface area contributed by atoms with E-state index in [0.717, 1.165) is 43.7 Å². The van der Waals surface area contributed by atoms with Gasteiger partial charge in [0.05, 0.1) is 23.3 Å². The Bertz CT molecular complexity index is 550. The average Bonchev–Trinajstić information content (AvgIpc) is 2.73. The van der Waals surface area contributed by atoms with Crippen molar-refractivity contribution in [2.45, 2.75) is 44.8 Å². The van der Waals surface area contributed by atoms with E-state index in [9.17, 15) is 13.5 Å². The molecule has 2 aliphatic heterocycles. The highest BCUT2D eigenvalue weighted by atomic mass is 32.2. The van der Waals surface area contributed by atoms with Crippen LogP contribution in [-0.2, 0) is 29.2 Å². The summed E-state index contributed by atoms with van der Waals surface area (Å²) >= 11 is 0. The van der Waals surface area contributed by atoms with E-state index in [2.05, 4.69) is 15.7 Å². The van der Waals surface area contributed by atoms with Crippen molar-refractivity contribution < 1.29 is 13.5 Å². The van der Waals surface area contributed by atoms with Crippen LogP contribution >= 0.6 is 0 Å². The lowest BCUT2D eigenvalue weighted by atomic mass is 9.97. The molecule has 5 nitrogen and oxygen atoms in total. The monoisotopic (exact) mass is 284 g/mol. The maximum atomic E-state index is 11.4. The second kappa shape index (κ2) is 4.90. The van der Waals surface area contributed by atoms with Crippen LogP contribution in [0.1, 0.15) is 30.8 Å². The van der Waals surface area contributed by atoms with Gasteiger partial charge in [-0.05, 0) is 31.6 Å². The molecule has 3 heterocycles. The first kappa shape index (κ1) is 13.1. The quantitative estimate of drug-likeness (QED) is 0.861. The smallest absolute Gasteiger partial charge is 0.150 e. The first-order valence-corrected chi connectivity index (χ1v) is 8.77. The van der Waals surface area contributed by atoms with Gasteiger partial charge < -0.3 is 9.67 Å². The van der Waals surface area contributed by atoms with Crippen molar-refractivity contribution in [2.75, 3.05) is 11.5 Å². The number of sulfone groups is 1. The summed E-state index contributed by atoms with van der Waals surface area (Å²) in [7, 11) is -2.78. The minimum atomic E-state index is -2.78. The lowest BCUT2D eigenvalue weighted by Crippen LogP contribution is -2.24. The normalized spacial score (nSPS) is 27.1. The van der Waals surface area contributed by atoms with Crippen LogP contribution in [0, 0.1) is 5.92 Å². The summed E-state index contributed by atoms with van der Waals surface area (Å²) in [5.74, 6) is 2.05. The predicted molar refractivity (Wildman–Crippen MR) is 71.6 cm³/mol. The third-order valence-electron chi connectivity index (χ3n) is 4.20. The number of aromatic nitrogens is 2. The molecule has 1 aromatic rings. The molecule has 6 heteroatoms. The summed E-state index contributed by atoms with van der Waals surface area (Å²) in [4.78, 5) is 4.59. The van der Waals surface area contributed by atoms with Gasteiger partial charge >= 0.3 is 0 Å². The Hall–Kier alpha value is -0.880. The van der Waals surface area contributed by atoms with E-state index in [1.165, 1.54) is 0 Å². The Morgan fingerprint density at radius 1 is 1.32 bits per heavy atom. The van der Waals surface area contributed by atoms with E-state index in [4.69, 9.17) is 0 Å². The van der Waals surface area contributed by atoms with Gasteiger partial charge in [-0.25, -0.2) is 13.4 Å². The molecule has 0 radical (unpaired) electrons. The number of imidazole rings is 1. The van der Waals surface area contributed by atoms with Crippen molar-refractivity contribution in [1.82, 2.24) is 9.55 Å². The van der Waals surface area contributed by atoms with Crippen molar-refractivity contribution in [3.63, 3.8) is 0 Å². The third kappa shape index (κ3) is 3.00. The van der Waals surface area contributed by atoms with Crippen LogP contribution in [0.15, 0.2) is 6.20 Å². The van der Waals surface area contributed by atoms with Crippen LogP contribution in [0.2, 0.25) is 0 Å². The number of hydrogen-bond acceptors (Lipinski definition) is 4. The highest BCUT2D eigenvalue weighted by molar-refractivity contribution is 7.91. The Labute approximate surface area is 113 Å². The van der Waals surface area contributed by atoms with Crippen LogP contribution < -0.4 is 0 Å². The molecule has 0 spiro atoms. The molecule has 1 unspecified atom stereocenters. The molecule has 1 fully saturated rings. The number of rotatable bonds is 2. The summed E-state index contributed by atoms with van der Waals surface area (Å²) in [5.41, 5.74) is 1.05. The molecule has 0 aliphatic carbocycles. The van der Waals surface area contributed by atoms with Gasteiger partial charge in [-0.15, -0.1) is 0 Å². The summed E-state index contributed by atoms with van der Waals surface area (Å²) in [6.07, 6.45) is 5.63. The number of hydrogen-bond donors (Lipinski definition) is 1. The van der Waals surface area contributed by atoms with Crippen molar-refractivity contribution in [3.8, 4) is 0 Å². The van der Waals surface area contributed by atoms with Crippen LogP contribution in [0.25, 0.3) is 0 Å². The number of aliphatic hydroxyl groups is 1. The second-order valence-electron chi connectivity index (χ2n) is 5.79. The Balaban J connectivity index is 1.65. The number of fused-ring (bicyclic) bond motifs is 1. The van der Waals surface area contributed by atoms with Gasteiger partial charge in [0.2, 0.25) is 0 Å². The van der Waals surface area contributed by atoms with Crippen molar-refractivity contribution in [3.05, 3.63) is 17.7 Å². The van der Waals surface area contributed by atoms with Crippen LogP contribution in [0.3, 0.4) is 0 Å². The van der Waals surface area contributed by atoms with Crippen molar-refractivity contribution >= 4 is 9.84 Å². The molecular formula is C13H20N2O3S. The lowest BCUT2D eigenvalue weighted by molar-refractivity contribution is 0.141. The maximum Gasteiger partial charge on any atom is 0.150 e. The first-order valence-electron chi connectivity index (χ1n) is 6.95. The van der Waals surface area contributed by atoms with Crippen LogP contribution in [0.4, 0.5) is 0 Å². The van der Waals surface area contributed by atoms with E-state index in [1.54, 1.807) is 0 Å². The fourth-order valence-electron chi connectivity index (χ4n) is 3.01. The molecule has 106 valence electrons. The standard InChI is InChI=1S/C13H20N2O3S/c16-12-1-4-15-9-11(14-13(15)8-12)7-10-2-5-19(17,18)6-3-10/h9-10,12,16H,1-8H2. The predicted octanol–water partition coefficient (Wildman–Crippen LogP) is 0.557. The summed E-state index contributed by atoms with van der Waals surface area (Å²) < 4.78 is 24.9. The van der Waals surface area contributed by atoms with Gasteiger partial charge in [-0.2, -0.15) is 0 Å². The van der Waals surface area contributed by atoms with Crippen LogP contribution in [-0.4, -0.2) is 40.7 Å². The van der Waals surface area contributed by atoms with Gasteiger partial charge in [-0.3, -0.25) is 0 Å². The molecule has 0 amide bonds. The molecule has 1 atom stereocenters. The Morgan fingerprint density at radius 2 is 2.05 bits per heavy atom. The average molecular weight is 284 g/mol. The number of nitrogens with zero attached hydrogens (tertiary/aromatic N) is 2. The van der Waals surface area contributed by atoms with E-state index in [-0.39, 0.29) is 6.10 Å². The molecule has 1 aromatic heterocycles. The Kier molecular flexibility index (Phi) is 3.39. The van der Waals surface area contributed by atoms with E-state index in [0.29, 0.717) is 23.8 Å². The molecule has 0 bridgehead atoms. The topological polar surface area (TPSA) is 72.2 Å². The summed E-state index contributed by atoms with van der Waals surface area (Å²) in [6, 6.07) is 0. The van der Waals surface area contributed by atoms with Gasteiger partial charge in [0, 0.05) is 19.2 Å². The fourth-order valence-corrected chi connectivity index (χ4v) is 4.60. The highest BCUT2D eigenvalue weighted by Gasteiger charge is 2.25. The summed E-state index contributed by atoms with van der Waals surface area (Å²) in [5, 5.41) is 9.62. The van der Waals surface area contributed by atoms with E-state index < -0.39 is 9.84 Å².